The van der Waals surface area contributed by atoms with E-state index in [9.17, 15) is 9.90 Å². The number of carbonyl (C=O) groups excluding carboxylic acids is 1. The summed E-state index contributed by atoms with van der Waals surface area (Å²) in [7, 11) is 0. The fourth-order valence-corrected chi connectivity index (χ4v) is 4.90. The first kappa shape index (κ1) is 22.5. The highest BCUT2D eigenvalue weighted by Crippen LogP contribution is 2.42. The van der Waals surface area contributed by atoms with E-state index in [4.69, 9.17) is 22.3 Å². The second kappa shape index (κ2) is 8.91. The monoisotopic (exact) mass is 464 g/mol. The molecule has 0 bridgehead atoms. The Kier molecular flexibility index (Phi) is 6.69. The van der Waals surface area contributed by atoms with Crippen molar-refractivity contribution in [3.63, 3.8) is 0 Å². The number of benzene rings is 1. The minimum Gasteiger partial charge on any atom is -0.506 e. The summed E-state index contributed by atoms with van der Waals surface area (Å²) >= 11 is 8.88. The largest absolute Gasteiger partial charge is 0.506 e. The summed E-state index contributed by atoms with van der Waals surface area (Å²) in [4.78, 5) is 18.9. The number of thioether (sulfide) groups is 1. The van der Waals surface area contributed by atoms with Crippen LogP contribution in [0.5, 0.6) is 5.75 Å². The number of allylic oxidation sites excluding steroid dienone is 1. The number of thiazole rings is 1. The predicted molar refractivity (Wildman–Crippen MR) is 127 cm³/mol. The number of hydrogen-bond acceptors (Lipinski definition) is 7. The van der Waals surface area contributed by atoms with E-state index in [-0.39, 0.29) is 11.7 Å². The van der Waals surface area contributed by atoms with E-state index in [0.29, 0.717) is 20.9 Å². The average molecular weight is 465 g/mol. The van der Waals surface area contributed by atoms with Gasteiger partial charge in [-0.2, -0.15) is 0 Å². The summed E-state index contributed by atoms with van der Waals surface area (Å²) in [6.45, 7) is 9.54. The summed E-state index contributed by atoms with van der Waals surface area (Å²) in [5, 5.41) is 17.7. The molecule has 3 rings (SSSR count). The maximum absolute atomic E-state index is 12.3. The summed E-state index contributed by atoms with van der Waals surface area (Å²) in [5.74, 6) is -0.0159. The third-order valence-electron chi connectivity index (χ3n) is 4.41. The van der Waals surface area contributed by atoms with Crippen molar-refractivity contribution in [3.8, 4) is 5.75 Å². The third kappa shape index (κ3) is 5.30. The molecule has 5 N–H and O–H groups in total. The molecular weight excluding hydrogens is 440 g/mol. The first-order chi connectivity index (χ1) is 14.0. The summed E-state index contributed by atoms with van der Waals surface area (Å²) in [6, 6.07) is 4.80. The van der Waals surface area contributed by atoms with Crippen molar-refractivity contribution in [1.82, 2.24) is 10.3 Å². The van der Waals surface area contributed by atoms with Crippen molar-refractivity contribution in [2.75, 3.05) is 5.32 Å². The van der Waals surface area contributed by atoms with Gasteiger partial charge in [0.05, 0.1) is 21.3 Å². The molecule has 0 radical (unpaired) electrons. The molecular formula is C21H25ClN4O2S2. The fourth-order valence-electron chi connectivity index (χ4n) is 2.76. The smallest absolute Gasteiger partial charge is 0.230 e. The number of phenols is 1. The van der Waals surface area contributed by atoms with Crippen LogP contribution in [0.3, 0.4) is 0 Å². The molecule has 6 nitrogen and oxygen atoms in total. The summed E-state index contributed by atoms with van der Waals surface area (Å²) in [5.41, 5.74) is 7.84. The van der Waals surface area contributed by atoms with Crippen LogP contribution in [0.4, 0.5) is 10.8 Å². The number of phenolic OH excluding ortho intramolecular Hbond substituents is 1. The van der Waals surface area contributed by atoms with Gasteiger partial charge in [-0.15, -0.1) is 11.3 Å². The first-order valence-corrected chi connectivity index (χ1v) is 11.5. The van der Waals surface area contributed by atoms with Gasteiger partial charge in [0.2, 0.25) is 5.91 Å². The SMILES string of the molecule is C=C(NC(=O)C(C)(C)C)SC1=C(N)CCCc2sc(Nc3cc(Cl)ccc3O)nc21. The van der Waals surface area contributed by atoms with E-state index in [1.54, 1.807) is 12.1 Å². The molecule has 0 saturated carbocycles. The zero-order chi connectivity index (χ0) is 22.1. The maximum atomic E-state index is 12.3. The third-order valence-corrected chi connectivity index (χ3v) is 6.69. The van der Waals surface area contributed by atoms with Gasteiger partial charge in [-0.25, -0.2) is 4.98 Å². The van der Waals surface area contributed by atoms with Crippen LogP contribution in [0.2, 0.25) is 5.02 Å². The van der Waals surface area contributed by atoms with Gasteiger partial charge in [0.1, 0.15) is 5.75 Å². The number of halogens is 1. The average Bonchev–Trinajstić information content (AvgIpc) is 2.98. The van der Waals surface area contributed by atoms with Gasteiger partial charge in [0.25, 0.3) is 0 Å². The summed E-state index contributed by atoms with van der Waals surface area (Å²) < 4.78 is 0. The van der Waals surface area contributed by atoms with Crippen LogP contribution in [0.15, 0.2) is 35.5 Å². The van der Waals surface area contributed by atoms with E-state index in [2.05, 4.69) is 17.2 Å². The van der Waals surface area contributed by atoms with Gasteiger partial charge >= 0.3 is 0 Å². The molecule has 0 atom stereocenters. The second-order valence-electron chi connectivity index (χ2n) is 8.01. The quantitative estimate of drug-likeness (QED) is 0.431. The zero-order valence-electron chi connectivity index (χ0n) is 17.1. The van der Waals surface area contributed by atoms with Crippen LogP contribution in [0.25, 0.3) is 4.91 Å². The van der Waals surface area contributed by atoms with Crippen molar-refractivity contribution in [3.05, 3.63) is 51.1 Å². The number of fused-ring (bicyclic) bond motifs is 1. The van der Waals surface area contributed by atoms with Crippen LogP contribution in [-0.4, -0.2) is 16.0 Å². The molecule has 0 aliphatic heterocycles. The number of aromatic hydroxyl groups is 1. The number of anilines is 2. The van der Waals surface area contributed by atoms with Gasteiger partial charge < -0.3 is 21.5 Å². The van der Waals surface area contributed by atoms with Crippen molar-refractivity contribution in [2.45, 2.75) is 40.0 Å². The maximum Gasteiger partial charge on any atom is 0.230 e. The lowest BCUT2D eigenvalue weighted by atomic mass is 9.96. The van der Waals surface area contributed by atoms with Crippen LogP contribution in [0, 0.1) is 5.41 Å². The van der Waals surface area contributed by atoms with Gasteiger partial charge in [-0.05, 0) is 37.5 Å². The zero-order valence-corrected chi connectivity index (χ0v) is 19.5. The second-order valence-corrected chi connectivity index (χ2v) is 10.6. The number of aromatic nitrogens is 1. The number of rotatable bonds is 5. The van der Waals surface area contributed by atoms with Crippen LogP contribution in [-0.2, 0) is 11.2 Å². The molecule has 1 amide bonds. The number of nitrogens with zero attached hydrogens (tertiary/aromatic N) is 1. The van der Waals surface area contributed by atoms with Crippen molar-refractivity contribution >= 4 is 56.3 Å². The lowest BCUT2D eigenvalue weighted by Crippen LogP contribution is -2.33. The molecule has 1 heterocycles. The van der Waals surface area contributed by atoms with Gasteiger partial charge in [-0.1, -0.05) is 50.7 Å². The Hall–Kier alpha value is -2.16. The fraction of sp³-hybridized carbons (Fsp3) is 0.333. The molecule has 1 aromatic carbocycles. The highest BCUT2D eigenvalue weighted by atomic mass is 35.5. The number of nitrogens with one attached hydrogen (secondary N) is 2. The highest BCUT2D eigenvalue weighted by Gasteiger charge is 2.25. The number of hydrogen-bond donors (Lipinski definition) is 4. The van der Waals surface area contributed by atoms with E-state index in [0.717, 1.165) is 40.4 Å². The molecule has 160 valence electrons. The Balaban J connectivity index is 1.85. The predicted octanol–water partition coefficient (Wildman–Crippen LogP) is 5.58. The Morgan fingerprint density at radius 2 is 2.10 bits per heavy atom. The Bertz CT molecular complexity index is 1020. The molecule has 1 aromatic heterocycles. The van der Waals surface area contributed by atoms with Crippen LogP contribution < -0.4 is 16.4 Å². The molecule has 0 unspecified atom stereocenters. The topological polar surface area (TPSA) is 100 Å². The Morgan fingerprint density at radius 3 is 2.80 bits per heavy atom. The van der Waals surface area contributed by atoms with Crippen molar-refractivity contribution in [2.24, 2.45) is 11.1 Å². The van der Waals surface area contributed by atoms with Crippen molar-refractivity contribution < 1.29 is 9.90 Å². The van der Waals surface area contributed by atoms with Gasteiger partial charge in [0.15, 0.2) is 5.13 Å². The normalized spacial score (nSPS) is 14.1. The first-order valence-electron chi connectivity index (χ1n) is 9.47. The lowest BCUT2D eigenvalue weighted by molar-refractivity contribution is -0.127. The number of amides is 1. The number of nitrogens with two attached hydrogens (primary N) is 1. The number of carbonyl (C=O) groups is 1. The molecule has 0 spiro atoms. The molecule has 0 saturated heterocycles. The van der Waals surface area contributed by atoms with Crippen molar-refractivity contribution in [1.29, 1.82) is 0 Å². The van der Waals surface area contributed by atoms with E-state index < -0.39 is 5.41 Å². The van der Waals surface area contributed by atoms with Crippen LogP contribution in [0.1, 0.15) is 44.2 Å². The highest BCUT2D eigenvalue weighted by molar-refractivity contribution is 8.11. The van der Waals surface area contributed by atoms with E-state index >= 15 is 0 Å². The van der Waals surface area contributed by atoms with E-state index in [1.165, 1.54) is 29.2 Å². The number of aryl methyl sites for hydroxylation is 1. The minimum atomic E-state index is -0.519. The van der Waals surface area contributed by atoms with E-state index in [1.807, 2.05) is 20.8 Å². The van der Waals surface area contributed by atoms with Crippen LogP contribution >= 0.6 is 34.7 Å². The minimum absolute atomic E-state index is 0.0905. The lowest BCUT2D eigenvalue weighted by Gasteiger charge is -2.19. The Labute approximate surface area is 189 Å². The Morgan fingerprint density at radius 1 is 1.37 bits per heavy atom. The standard InChI is InChI=1S/C21H25ClN4O2S2/c1-11(24-19(28)21(2,3)4)29-18-13(23)6-5-7-16-17(18)26-20(30-16)25-14-10-12(22)8-9-15(14)27/h8-10,27H,1,5-7,23H2,2-4H3,(H,24,28)(H,25,26). The molecule has 1 aliphatic carbocycles. The molecule has 30 heavy (non-hydrogen) atoms. The van der Waals surface area contributed by atoms with Gasteiger partial charge in [-0.3, -0.25) is 4.79 Å². The molecule has 0 fully saturated rings. The summed E-state index contributed by atoms with van der Waals surface area (Å²) in [6.07, 6.45) is 2.51. The molecule has 9 heteroatoms. The van der Waals surface area contributed by atoms with Gasteiger partial charge in [0, 0.05) is 21.0 Å². The molecule has 1 aliphatic rings. The molecule has 2 aromatic rings.